The fourth-order valence-corrected chi connectivity index (χ4v) is 2.54. The highest BCUT2D eigenvalue weighted by molar-refractivity contribution is 4.88. The average molecular weight is 237 g/mol. The molecule has 1 fully saturated rings. The molecule has 1 aliphatic heterocycles. The van der Waals surface area contributed by atoms with E-state index in [1.165, 1.54) is 32.2 Å². The predicted molar refractivity (Wildman–Crippen MR) is 67.6 cm³/mol. The summed E-state index contributed by atoms with van der Waals surface area (Å²) in [6.45, 7) is 3.23. The third-order valence-electron chi connectivity index (χ3n) is 3.63. The molecule has 1 aromatic heterocycles. The van der Waals surface area contributed by atoms with Gasteiger partial charge in [0.25, 0.3) is 0 Å². The first-order chi connectivity index (χ1) is 8.31. The molecule has 0 aliphatic carbocycles. The lowest BCUT2D eigenvalue weighted by atomic mass is 9.99. The topological polar surface area (TPSA) is 46.0 Å². The minimum atomic E-state index is 0.702. The third-order valence-corrected chi connectivity index (χ3v) is 3.63. The summed E-state index contributed by atoms with van der Waals surface area (Å²) in [6, 6.07) is 0.702. The first kappa shape index (κ1) is 12.5. The monoisotopic (exact) mass is 237 g/mol. The molecule has 1 atom stereocenters. The van der Waals surface area contributed by atoms with Gasteiger partial charge in [0.1, 0.15) is 12.2 Å². The van der Waals surface area contributed by atoms with Gasteiger partial charge in [-0.15, -0.1) is 10.2 Å². The van der Waals surface area contributed by atoms with E-state index >= 15 is 0 Å². The number of aromatic nitrogens is 3. The summed E-state index contributed by atoms with van der Waals surface area (Å²) < 4.78 is 2.02. The molecule has 17 heavy (non-hydrogen) atoms. The van der Waals surface area contributed by atoms with E-state index in [9.17, 15) is 0 Å². The van der Waals surface area contributed by atoms with E-state index in [1.807, 2.05) is 18.7 Å². The van der Waals surface area contributed by atoms with Crippen LogP contribution < -0.4 is 5.32 Å². The lowest BCUT2D eigenvalue weighted by Crippen LogP contribution is -2.40. The van der Waals surface area contributed by atoms with Crippen molar-refractivity contribution in [2.24, 2.45) is 7.05 Å². The van der Waals surface area contributed by atoms with Crippen LogP contribution in [0, 0.1) is 0 Å². The molecule has 0 amide bonds. The molecule has 5 nitrogen and oxygen atoms in total. The van der Waals surface area contributed by atoms with E-state index in [4.69, 9.17) is 0 Å². The van der Waals surface area contributed by atoms with E-state index in [1.54, 1.807) is 6.33 Å². The highest BCUT2D eigenvalue weighted by atomic mass is 15.3. The maximum atomic E-state index is 4.18. The van der Waals surface area contributed by atoms with E-state index < -0.39 is 0 Å². The number of piperidine rings is 1. The number of hydrogen-bond donors (Lipinski definition) is 1. The predicted octanol–water partition coefficient (Wildman–Crippen LogP) is 0.779. The van der Waals surface area contributed by atoms with Gasteiger partial charge in [-0.25, -0.2) is 0 Å². The summed E-state index contributed by atoms with van der Waals surface area (Å²) in [7, 11) is 4.04. The Hall–Kier alpha value is -0.940. The molecular weight excluding hydrogens is 214 g/mol. The highest BCUT2D eigenvalue weighted by Gasteiger charge is 2.23. The molecule has 5 heteroatoms. The molecule has 1 unspecified atom stereocenters. The molecule has 0 bridgehead atoms. The van der Waals surface area contributed by atoms with Gasteiger partial charge in [0.15, 0.2) is 0 Å². The van der Waals surface area contributed by atoms with Gasteiger partial charge in [0.05, 0.1) is 6.54 Å². The van der Waals surface area contributed by atoms with Crippen LogP contribution in [0.25, 0.3) is 0 Å². The molecule has 0 spiro atoms. The summed E-state index contributed by atoms with van der Waals surface area (Å²) in [6.07, 6.45) is 7.01. The molecule has 0 radical (unpaired) electrons. The summed E-state index contributed by atoms with van der Waals surface area (Å²) in [4.78, 5) is 2.56. The van der Waals surface area contributed by atoms with Gasteiger partial charge in [0.2, 0.25) is 0 Å². The molecule has 1 saturated heterocycles. The SMILES string of the molecule is CNCCC1CCCCN1Cc1nncn1C. The lowest BCUT2D eigenvalue weighted by molar-refractivity contribution is 0.128. The molecule has 0 saturated carbocycles. The normalized spacial score (nSPS) is 21.9. The Morgan fingerprint density at radius 1 is 1.47 bits per heavy atom. The lowest BCUT2D eigenvalue weighted by Gasteiger charge is -2.35. The largest absolute Gasteiger partial charge is 0.320 e. The van der Waals surface area contributed by atoms with Gasteiger partial charge in [-0.05, 0) is 39.4 Å². The molecule has 0 aromatic carbocycles. The summed E-state index contributed by atoms with van der Waals surface area (Å²) >= 11 is 0. The van der Waals surface area contributed by atoms with Gasteiger partial charge in [0, 0.05) is 13.1 Å². The van der Waals surface area contributed by atoms with E-state index in [2.05, 4.69) is 20.4 Å². The van der Waals surface area contributed by atoms with Crippen LogP contribution in [0.5, 0.6) is 0 Å². The molecule has 2 heterocycles. The molecule has 1 aromatic rings. The van der Waals surface area contributed by atoms with Crippen LogP contribution in [-0.2, 0) is 13.6 Å². The van der Waals surface area contributed by atoms with Crippen LogP contribution in [-0.4, -0.2) is 45.8 Å². The Labute approximate surface area is 103 Å². The second-order valence-corrected chi connectivity index (χ2v) is 4.87. The quantitative estimate of drug-likeness (QED) is 0.822. The maximum Gasteiger partial charge on any atom is 0.146 e. The minimum absolute atomic E-state index is 0.702. The second kappa shape index (κ2) is 6.12. The molecule has 1 aliphatic rings. The van der Waals surface area contributed by atoms with E-state index in [0.29, 0.717) is 6.04 Å². The number of nitrogens with one attached hydrogen (secondary N) is 1. The van der Waals surface area contributed by atoms with Gasteiger partial charge in [-0.2, -0.15) is 0 Å². The van der Waals surface area contributed by atoms with Crippen molar-refractivity contribution < 1.29 is 0 Å². The van der Waals surface area contributed by atoms with Crippen LogP contribution in [0.4, 0.5) is 0 Å². The van der Waals surface area contributed by atoms with Crippen molar-refractivity contribution in [2.45, 2.75) is 38.3 Å². The zero-order valence-electron chi connectivity index (χ0n) is 10.9. The Morgan fingerprint density at radius 2 is 2.35 bits per heavy atom. The fourth-order valence-electron chi connectivity index (χ4n) is 2.54. The number of nitrogens with zero attached hydrogens (tertiary/aromatic N) is 4. The van der Waals surface area contributed by atoms with Crippen molar-refractivity contribution in [2.75, 3.05) is 20.1 Å². The zero-order chi connectivity index (χ0) is 12.1. The van der Waals surface area contributed by atoms with Crippen LogP contribution >= 0.6 is 0 Å². The smallest absolute Gasteiger partial charge is 0.146 e. The molecule has 96 valence electrons. The first-order valence-corrected chi connectivity index (χ1v) is 6.53. The van der Waals surface area contributed by atoms with Crippen LogP contribution in [0.3, 0.4) is 0 Å². The van der Waals surface area contributed by atoms with Crippen molar-refractivity contribution in [3.63, 3.8) is 0 Å². The van der Waals surface area contributed by atoms with Crippen molar-refractivity contribution >= 4 is 0 Å². The number of hydrogen-bond acceptors (Lipinski definition) is 4. The minimum Gasteiger partial charge on any atom is -0.320 e. The molecular formula is C12H23N5. The number of aryl methyl sites for hydroxylation is 1. The Bertz CT molecular complexity index is 335. The maximum absolute atomic E-state index is 4.18. The highest BCUT2D eigenvalue weighted by Crippen LogP contribution is 2.20. The Kier molecular flexibility index (Phi) is 4.50. The molecule has 1 N–H and O–H groups in total. The van der Waals surface area contributed by atoms with Crippen LogP contribution in [0.15, 0.2) is 6.33 Å². The van der Waals surface area contributed by atoms with Crippen molar-refractivity contribution in [1.82, 2.24) is 25.0 Å². The summed E-state index contributed by atoms with van der Waals surface area (Å²) in [5.41, 5.74) is 0. The van der Waals surface area contributed by atoms with Crippen LogP contribution in [0.2, 0.25) is 0 Å². The Morgan fingerprint density at radius 3 is 3.06 bits per heavy atom. The summed E-state index contributed by atoms with van der Waals surface area (Å²) in [5.74, 6) is 1.07. The number of rotatable bonds is 5. The fraction of sp³-hybridized carbons (Fsp3) is 0.833. The van der Waals surface area contributed by atoms with Crippen molar-refractivity contribution in [1.29, 1.82) is 0 Å². The third kappa shape index (κ3) is 3.26. The summed E-state index contributed by atoms with van der Waals surface area (Å²) in [5, 5.41) is 11.4. The van der Waals surface area contributed by atoms with Gasteiger partial charge >= 0.3 is 0 Å². The zero-order valence-corrected chi connectivity index (χ0v) is 10.9. The second-order valence-electron chi connectivity index (χ2n) is 4.87. The van der Waals surface area contributed by atoms with Crippen LogP contribution in [0.1, 0.15) is 31.5 Å². The van der Waals surface area contributed by atoms with E-state index in [0.717, 1.165) is 18.9 Å². The van der Waals surface area contributed by atoms with Crippen molar-refractivity contribution in [3.8, 4) is 0 Å². The standard InChI is InChI=1S/C12H23N5/c1-13-7-6-11-5-3-4-8-17(11)9-12-15-14-10-16(12)2/h10-11,13H,3-9H2,1-2H3. The number of likely N-dealkylation sites (tertiary alicyclic amines) is 1. The van der Waals surface area contributed by atoms with Gasteiger partial charge in [-0.3, -0.25) is 4.90 Å². The van der Waals surface area contributed by atoms with E-state index in [-0.39, 0.29) is 0 Å². The first-order valence-electron chi connectivity index (χ1n) is 6.53. The van der Waals surface area contributed by atoms with Crippen molar-refractivity contribution in [3.05, 3.63) is 12.2 Å². The average Bonchev–Trinajstić information content (AvgIpc) is 2.74. The van der Waals surface area contributed by atoms with Gasteiger partial charge < -0.3 is 9.88 Å². The molecule has 2 rings (SSSR count). The van der Waals surface area contributed by atoms with Gasteiger partial charge in [-0.1, -0.05) is 6.42 Å². The Balaban J connectivity index is 1.94.